The van der Waals surface area contributed by atoms with Crippen LogP contribution in [0.3, 0.4) is 0 Å². The molecule has 7 nitrogen and oxygen atoms in total. The molecule has 168 valence electrons. The fourth-order valence-electron chi connectivity index (χ4n) is 5.66. The van der Waals surface area contributed by atoms with Crippen molar-refractivity contribution in [3.05, 3.63) is 48.3 Å². The molecule has 9 heteroatoms. The fraction of sp³-hybridized carbons (Fsp3) is 0.333. The predicted octanol–water partition coefficient (Wildman–Crippen LogP) is 4.75. The number of carbonyl (C=O) groups is 1. The quantitative estimate of drug-likeness (QED) is 0.415. The lowest BCUT2D eigenvalue weighted by atomic mass is 9.61. The van der Waals surface area contributed by atoms with Crippen LogP contribution in [0.1, 0.15) is 25.7 Å². The molecule has 2 atom stereocenters. The van der Waals surface area contributed by atoms with Gasteiger partial charge in [-0.3, -0.25) is 4.79 Å². The molecule has 2 bridgehead atoms. The van der Waals surface area contributed by atoms with E-state index < -0.39 is 23.5 Å². The standard InChI is InChI=1S/C24H21F2N5O2/c25-13-5-6-18-16(7-13)22(30-20-12-3-1-11(2-4-12)19(20)24(32)33)31-23(29-18)17-10-28-21-15(17)8-14(26)9-27-21/h5-12,19-20H,1-4H2,(H,27,28)(H,32,33)(H,29,30,31). The first-order valence-electron chi connectivity index (χ1n) is 11.1. The summed E-state index contributed by atoms with van der Waals surface area (Å²) in [5.41, 5.74) is 1.57. The number of nitrogens with zero attached hydrogens (tertiary/aromatic N) is 3. The van der Waals surface area contributed by atoms with Gasteiger partial charge in [0.05, 0.1) is 17.6 Å². The van der Waals surface area contributed by atoms with Gasteiger partial charge in [0.2, 0.25) is 0 Å². The molecule has 0 aliphatic heterocycles. The molecule has 2 unspecified atom stereocenters. The number of carboxylic acids is 1. The van der Waals surface area contributed by atoms with Crippen LogP contribution in [0.4, 0.5) is 14.6 Å². The first-order valence-corrected chi connectivity index (χ1v) is 11.1. The van der Waals surface area contributed by atoms with Gasteiger partial charge < -0.3 is 15.4 Å². The Labute approximate surface area is 187 Å². The van der Waals surface area contributed by atoms with Gasteiger partial charge in [0.15, 0.2) is 5.82 Å². The zero-order valence-corrected chi connectivity index (χ0v) is 17.6. The Hall–Kier alpha value is -3.62. The maximum absolute atomic E-state index is 14.1. The van der Waals surface area contributed by atoms with Crippen LogP contribution in [0.15, 0.2) is 36.7 Å². The number of hydrogen-bond acceptors (Lipinski definition) is 5. The lowest BCUT2D eigenvalue weighted by molar-refractivity contribution is -0.148. The van der Waals surface area contributed by atoms with Crippen molar-refractivity contribution in [1.82, 2.24) is 19.9 Å². The van der Waals surface area contributed by atoms with E-state index in [1.165, 1.54) is 18.2 Å². The van der Waals surface area contributed by atoms with Crippen molar-refractivity contribution in [1.29, 1.82) is 0 Å². The van der Waals surface area contributed by atoms with E-state index in [2.05, 4.69) is 25.3 Å². The molecule has 7 rings (SSSR count). The number of halogens is 2. The molecule has 3 heterocycles. The minimum atomic E-state index is -0.815. The smallest absolute Gasteiger partial charge is 0.308 e. The number of anilines is 1. The summed E-state index contributed by atoms with van der Waals surface area (Å²) in [4.78, 5) is 28.4. The zero-order chi connectivity index (χ0) is 22.7. The second-order valence-corrected chi connectivity index (χ2v) is 9.02. The van der Waals surface area contributed by atoms with E-state index in [0.717, 1.165) is 31.9 Å². The highest BCUT2D eigenvalue weighted by molar-refractivity contribution is 5.95. The average Bonchev–Trinajstić information content (AvgIpc) is 3.22. The first-order chi connectivity index (χ1) is 16.0. The largest absolute Gasteiger partial charge is 0.481 e. The summed E-state index contributed by atoms with van der Waals surface area (Å²) in [6.45, 7) is 0. The lowest BCUT2D eigenvalue weighted by Crippen LogP contribution is -2.51. The summed E-state index contributed by atoms with van der Waals surface area (Å²) in [6, 6.07) is 5.30. The van der Waals surface area contributed by atoms with Crippen LogP contribution in [-0.4, -0.2) is 37.1 Å². The van der Waals surface area contributed by atoms with Gasteiger partial charge in [-0.2, -0.15) is 0 Å². The number of hydrogen-bond donors (Lipinski definition) is 3. The zero-order valence-electron chi connectivity index (χ0n) is 17.6. The molecule has 3 aliphatic rings. The summed E-state index contributed by atoms with van der Waals surface area (Å²) in [6.07, 6.45) is 6.54. The van der Waals surface area contributed by atoms with Gasteiger partial charge in [-0.05, 0) is 61.8 Å². The van der Waals surface area contributed by atoms with E-state index >= 15 is 0 Å². The highest BCUT2D eigenvalue weighted by Crippen LogP contribution is 2.46. The van der Waals surface area contributed by atoms with E-state index in [9.17, 15) is 18.7 Å². The molecule has 3 fully saturated rings. The van der Waals surface area contributed by atoms with Crippen molar-refractivity contribution < 1.29 is 18.7 Å². The number of benzene rings is 1. The maximum Gasteiger partial charge on any atom is 0.308 e. The Morgan fingerprint density at radius 1 is 1.03 bits per heavy atom. The minimum Gasteiger partial charge on any atom is -0.481 e. The Bertz CT molecular complexity index is 1400. The summed E-state index contributed by atoms with van der Waals surface area (Å²) >= 11 is 0. The van der Waals surface area contributed by atoms with Crippen molar-refractivity contribution in [2.75, 3.05) is 5.32 Å². The summed E-state index contributed by atoms with van der Waals surface area (Å²) in [5, 5.41) is 14.3. The van der Waals surface area contributed by atoms with E-state index in [1.807, 2.05) is 0 Å². The lowest BCUT2D eigenvalue weighted by Gasteiger charge is -2.47. The second kappa shape index (κ2) is 7.47. The van der Waals surface area contributed by atoms with Gasteiger partial charge in [-0.1, -0.05) is 0 Å². The first kappa shape index (κ1) is 20.0. The highest BCUT2D eigenvalue weighted by Gasteiger charge is 2.47. The normalized spacial score (nSPS) is 24.4. The summed E-state index contributed by atoms with van der Waals surface area (Å²) in [5.74, 6) is -1.20. The molecule has 0 saturated heterocycles. The van der Waals surface area contributed by atoms with Crippen LogP contribution in [0.2, 0.25) is 0 Å². The third-order valence-electron chi connectivity index (χ3n) is 7.20. The van der Waals surface area contributed by atoms with Crippen LogP contribution >= 0.6 is 0 Å². The second-order valence-electron chi connectivity index (χ2n) is 9.02. The Kier molecular flexibility index (Phi) is 4.53. The number of aliphatic carboxylic acids is 1. The number of fused-ring (bicyclic) bond motifs is 5. The van der Waals surface area contributed by atoms with Crippen LogP contribution in [-0.2, 0) is 4.79 Å². The molecule has 3 aromatic heterocycles. The fourth-order valence-corrected chi connectivity index (χ4v) is 5.66. The number of aromatic nitrogens is 4. The van der Waals surface area contributed by atoms with E-state index in [1.54, 1.807) is 12.3 Å². The molecule has 0 radical (unpaired) electrons. The predicted molar refractivity (Wildman–Crippen MR) is 119 cm³/mol. The number of nitrogens with one attached hydrogen (secondary N) is 2. The van der Waals surface area contributed by atoms with Crippen LogP contribution < -0.4 is 5.32 Å². The SMILES string of the molecule is O=C(O)C1C2CCC(CC2)C1Nc1nc(-c2c[nH]c3ncc(F)cc23)nc2ccc(F)cc12. The molecular formula is C24H21F2N5O2. The maximum atomic E-state index is 14.1. The van der Waals surface area contributed by atoms with Gasteiger partial charge in [-0.25, -0.2) is 23.7 Å². The molecule has 3 aliphatic carbocycles. The van der Waals surface area contributed by atoms with E-state index in [-0.39, 0.29) is 17.9 Å². The summed E-state index contributed by atoms with van der Waals surface area (Å²) < 4.78 is 28.0. The monoisotopic (exact) mass is 449 g/mol. The average molecular weight is 449 g/mol. The van der Waals surface area contributed by atoms with Crippen LogP contribution in [0.25, 0.3) is 33.3 Å². The summed E-state index contributed by atoms with van der Waals surface area (Å²) in [7, 11) is 0. The molecule has 33 heavy (non-hydrogen) atoms. The van der Waals surface area contributed by atoms with Gasteiger partial charge in [0, 0.05) is 28.6 Å². The third-order valence-corrected chi connectivity index (χ3v) is 7.20. The van der Waals surface area contributed by atoms with Gasteiger partial charge in [-0.15, -0.1) is 0 Å². The molecule has 1 aromatic carbocycles. The molecule has 0 amide bonds. The number of pyridine rings is 1. The molecular weight excluding hydrogens is 428 g/mol. The van der Waals surface area contributed by atoms with Crippen molar-refractivity contribution in [2.45, 2.75) is 31.7 Å². The van der Waals surface area contributed by atoms with Crippen LogP contribution in [0.5, 0.6) is 0 Å². The number of H-pyrrole nitrogens is 1. The van der Waals surface area contributed by atoms with Crippen molar-refractivity contribution in [3.8, 4) is 11.4 Å². The van der Waals surface area contributed by atoms with Crippen molar-refractivity contribution in [2.24, 2.45) is 17.8 Å². The van der Waals surface area contributed by atoms with Gasteiger partial charge in [0.25, 0.3) is 0 Å². The highest BCUT2D eigenvalue weighted by atomic mass is 19.1. The minimum absolute atomic E-state index is 0.122. The van der Waals surface area contributed by atoms with Gasteiger partial charge >= 0.3 is 5.97 Å². The number of aromatic amines is 1. The molecule has 4 aromatic rings. The number of carboxylic acid groups (broad SMARTS) is 1. The van der Waals surface area contributed by atoms with Crippen molar-refractivity contribution in [3.63, 3.8) is 0 Å². The van der Waals surface area contributed by atoms with Gasteiger partial charge in [0.1, 0.15) is 23.1 Å². The third kappa shape index (κ3) is 3.30. The molecule has 3 saturated carbocycles. The Balaban J connectivity index is 1.50. The Morgan fingerprint density at radius 3 is 2.58 bits per heavy atom. The van der Waals surface area contributed by atoms with E-state index in [0.29, 0.717) is 39.1 Å². The Morgan fingerprint density at radius 2 is 1.79 bits per heavy atom. The van der Waals surface area contributed by atoms with E-state index in [4.69, 9.17) is 0 Å². The molecule has 3 N–H and O–H groups in total. The number of rotatable bonds is 4. The topological polar surface area (TPSA) is 104 Å². The van der Waals surface area contributed by atoms with Crippen LogP contribution in [0, 0.1) is 29.4 Å². The molecule has 0 spiro atoms. The van der Waals surface area contributed by atoms with Crippen molar-refractivity contribution >= 4 is 33.7 Å².